The maximum atomic E-state index is 13.5. The number of alkyl halides is 3. The van der Waals surface area contributed by atoms with Crippen LogP contribution in [0.15, 0.2) is 67.9 Å². The van der Waals surface area contributed by atoms with Gasteiger partial charge in [-0.05, 0) is 81.4 Å². The summed E-state index contributed by atoms with van der Waals surface area (Å²) in [6, 6.07) is 8.32. The zero-order valence-corrected chi connectivity index (χ0v) is 26.6. The predicted molar refractivity (Wildman–Crippen MR) is 180 cm³/mol. The van der Waals surface area contributed by atoms with Crippen LogP contribution in [-0.2, 0) is 6.18 Å². The van der Waals surface area contributed by atoms with Crippen LogP contribution in [-0.4, -0.2) is 93.9 Å². The number of halogens is 3. The Hall–Kier alpha value is -4.56. The maximum absolute atomic E-state index is 13.5. The third-order valence-corrected chi connectivity index (χ3v) is 8.41. The second-order valence-corrected chi connectivity index (χ2v) is 11.7. The molecule has 0 spiro atoms. The summed E-state index contributed by atoms with van der Waals surface area (Å²) >= 11 is 0. The fourth-order valence-corrected chi connectivity index (χ4v) is 5.78. The molecule has 2 saturated heterocycles. The van der Waals surface area contributed by atoms with Gasteiger partial charge >= 0.3 is 6.18 Å². The van der Waals surface area contributed by atoms with Gasteiger partial charge in [0.25, 0.3) is 5.91 Å². The Bertz CT molecular complexity index is 1570. The van der Waals surface area contributed by atoms with Crippen molar-refractivity contribution < 1.29 is 22.7 Å². The van der Waals surface area contributed by atoms with Gasteiger partial charge in [0.15, 0.2) is 5.82 Å². The van der Waals surface area contributed by atoms with E-state index in [2.05, 4.69) is 47.4 Å². The number of carbonyl (C=O) groups is 1. The molecule has 0 aromatic heterocycles. The normalized spacial score (nSPS) is 19.0. The molecule has 3 aliphatic heterocycles. The molecule has 14 heteroatoms. The van der Waals surface area contributed by atoms with Crippen molar-refractivity contribution in [2.24, 2.45) is 25.9 Å². The number of hydrogen-bond donors (Lipinski definition) is 3. The van der Waals surface area contributed by atoms with Gasteiger partial charge in [-0.1, -0.05) is 6.07 Å². The zero-order valence-electron chi connectivity index (χ0n) is 26.6. The summed E-state index contributed by atoms with van der Waals surface area (Å²) in [5, 5.41) is 9.26. The van der Waals surface area contributed by atoms with Gasteiger partial charge in [0.2, 0.25) is 5.96 Å². The summed E-state index contributed by atoms with van der Waals surface area (Å²) in [6.45, 7) is 12.2. The van der Waals surface area contributed by atoms with Gasteiger partial charge in [-0.25, -0.2) is 15.0 Å². The number of hydrogen-bond acceptors (Lipinski definition) is 9. The van der Waals surface area contributed by atoms with Gasteiger partial charge in [0, 0.05) is 62.3 Å². The highest BCUT2D eigenvalue weighted by atomic mass is 19.4. The lowest BCUT2D eigenvalue weighted by molar-refractivity contribution is -0.138. The number of nitrogens with zero attached hydrogens (tertiary/aromatic N) is 6. The number of benzene rings is 2. The smallest absolute Gasteiger partial charge is 0.420 e. The van der Waals surface area contributed by atoms with E-state index in [1.165, 1.54) is 31.3 Å². The van der Waals surface area contributed by atoms with Crippen LogP contribution in [0.5, 0.6) is 5.75 Å². The summed E-state index contributed by atoms with van der Waals surface area (Å²) in [4.78, 5) is 35.5. The van der Waals surface area contributed by atoms with Gasteiger partial charge < -0.3 is 25.6 Å². The SMILES string of the molecule is C=N/C=N\C(Nc1cc(C(=O)Nc2ccc(OC)c(C(F)(F)F)c2)ccc1C)=C1/CC=NC(N2CCN(CC3CCNCC3)CC2)=N1. The number of piperidine rings is 1. The topological polar surface area (TPSA) is 118 Å². The van der Waals surface area contributed by atoms with E-state index < -0.39 is 17.6 Å². The minimum Gasteiger partial charge on any atom is -0.496 e. The summed E-state index contributed by atoms with van der Waals surface area (Å²) in [6.07, 6.45) is 1.33. The van der Waals surface area contributed by atoms with Crippen molar-refractivity contribution >= 4 is 42.5 Å². The van der Waals surface area contributed by atoms with Gasteiger partial charge in [-0.2, -0.15) is 13.2 Å². The number of guanidine groups is 1. The van der Waals surface area contributed by atoms with E-state index in [4.69, 9.17) is 9.73 Å². The third-order valence-electron chi connectivity index (χ3n) is 8.41. The Morgan fingerprint density at radius 2 is 1.89 bits per heavy atom. The first-order valence-corrected chi connectivity index (χ1v) is 15.6. The number of methoxy groups -OCH3 is 1. The van der Waals surface area contributed by atoms with Gasteiger partial charge in [0.1, 0.15) is 12.1 Å². The first-order valence-electron chi connectivity index (χ1n) is 15.6. The van der Waals surface area contributed by atoms with Crippen molar-refractivity contribution in [2.75, 3.05) is 63.6 Å². The Kier molecular flexibility index (Phi) is 11.0. The largest absolute Gasteiger partial charge is 0.496 e. The fourth-order valence-electron chi connectivity index (χ4n) is 5.78. The molecule has 0 atom stereocenters. The van der Waals surface area contributed by atoms with Crippen molar-refractivity contribution in [1.82, 2.24) is 15.1 Å². The Balaban J connectivity index is 1.31. The van der Waals surface area contributed by atoms with E-state index in [0.29, 0.717) is 29.6 Å². The highest BCUT2D eigenvalue weighted by Crippen LogP contribution is 2.38. The number of aryl methyl sites for hydroxylation is 1. The maximum Gasteiger partial charge on any atom is 0.420 e. The molecule has 11 nitrogen and oxygen atoms in total. The molecule has 3 aliphatic rings. The molecule has 250 valence electrons. The molecule has 2 aromatic carbocycles. The van der Waals surface area contributed by atoms with Gasteiger partial charge in [-0.3, -0.25) is 14.7 Å². The second kappa shape index (κ2) is 15.4. The lowest BCUT2D eigenvalue weighted by atomic mass is 9.97. The number of anilines is 2. The van der Waals surface area contributed by atoms with E-state index in [9.17, 15) is 18.0 Å². The lowest BCUT2D eigenvalue weighted by Crippen LogP contribution is -2.50. The Morgan fingerprint density at radius 1 is 1.13 bits per heavy atom. The standard InChI is InChI=1S/C33H40F3N9O2/c1-22-4-5-24(31(46)41-25-6-7-29(47-3)26(19-25)33(34,35)36)18-28(22)42-30(40-21-37-2)27-10-13-39-32(43-27)45-16-14-44(15-17-45)20-23-8-11-38-12-9-23/h4-7,13,18-19,21,23,38,42H,2,8-12,14-17,20H2,1,3H3,(H,41,46)/b30-27-,40-21-. The van der Waals surface area contributed by atoms with Crippen molar-refractivity contribution in [3.8, 4) is 5.75 Å². The number of ether oxygens (including phenoxy) is 1. The summed E-state index contributed by atoms with van der Waals surface area (Å²) in [5.41, 5.74) is 1.25. The molecule has 1 amide bonds. The van der Waals surface area contributed by atoms with Crippen molar-refractivity contribution in [1.29, 1.82) is 0 Å². The van der Waals surface area contributed by atoms with E-state index in [-0.39, 0.29) is 17.0 Å². The monoisotopic (exact) mass is 651 g/mol. The van der Waals surface area contributed by atoms with Crippen molar-refractivity contribution in [2.45, 2.75) is 32.4 Å². The molecule has 0 bridgehead atoms. The Morgan fingerprint density at radius 3 is 2.60 bits per heavy atom. The molecule has 2 fully saturated rings. The molecule has 47 heavy (non-hydrogen) atoms. The van der Waals surface area contributed by atoms with Crippen LogP contribution < -0.4 is 20.7 Å². The van der Waals surface area contributed by atoms with Crippen LogP contribution in [0.1, 0.15) is 40.7 Å². The number of nitrogens with one attached hydrogen (secondary N) is 3. The highest BCUT2D eigenvalue weighted by molar-refractivity contribution is 6.05. The molecule has 0 unspecified atom stereocenters. The fraction of sp³-hybridized carbons (Fsp3) is 0.424. The summed E-state index contributed by atoms with van der Waals surface area (Å²) in [7, 11) is 1.16. The van der Waals surface area contributed by atoms with E-state index in [1.54, 1.807) is 24.4 Å². The number of amides is 1. The molecule has 2 aromatic rings. The number of carbonyl (C=O) groups excluding carboxylic acids is 1. The minimum atomic E-state index is -4.65. The number of allylic oxidation sites excluding steroid dienone is 1. The van der Waals surface area contributed by atoms with Gasteiger partial charge in [0.05, 0.1) is 18.4 Å². The molecule has 0 aliphatic carbocycles. The summed E-state index contributed by atoms with van der Waals surface area (Å²) in [5.74, 6) is 0.861. The predicted octanol–water partition coefficient (Wildman–Crippen LogP) is 5.03. The van der Waals surface area contributed by atoms with E-state index in [1.807, 2.05) is 6.92 Å². The van der Waals surface area contributed by atoms with Crippen molar-refractivity contribution in [3.05, 3.63) is 64.6 Å². The highest BCUT2D eigenvalue weighted by Gasteiger charge is 2.34. The first-order chi connectivity index (χ1) is 22.6. The first kappa shape index (κ1) is 33.8. The molecule has 0 radical (unpaired) electrons. The minimum absolute atomic E-state index is 0.0156. The average molecular weight is 652 g/mol. The van der Waals surface area contributed by atoms with Gasteiger partial charge in [-0.15, -0.1) is 0 Å². The van der Waals surface area contributed by atoms with E-state index in [0.717, 1.165) is 70.5 Å². The lowest BCUT2D eigenvalue weighted by Gasteiger charge is -2.38. The van der Waals surface area contributed by atoms with Crippen molar-refractivity contribution in [3.63, 3.8) is 0 Å². The summed E-state index contributed by atoms with van der Waals surface area (Å²) < 4.78 is 45.4. The quantitative estimate of drug-likeness (QED) is 0.259. The van der Waals surface area contributed by atoms with Crippen LogP contribution in [0, 0.1) is 12.8 Å². The molecule has 0 saturated carbocycles. The average Bonchev–Trinajstić information content (AvgIpc) is 3.08. The van der Waals surface area contributed by atoms with Crippen LogP contribution in [0.2, 0.25) is 0 Å². The molecule has 3 N–H and O–H groups in total. The number of piperazine rings is 1. The molecular weight excluding hydrogens is 611 g/mol. The van der Waals surface area contributed by atoms with E-state index >= 15 is 0 Å². The second-order valence-electron chi connectivity index (χ2n) is 11.7. The van der Waals surface area contributed by atoms with Crippen LogP contribution >= 0.6 is 0 Å². The van der Waals surface area contributed by atoms with Crippen LogP contribution in [0.25, 0.3) is 0 Å². The third kappa shape index (κ3) is 8.83. The van der Waals surface area contributed by atoms with Crippen LogP contribution in [0.3, 0.4) is 0 Å². The zero-order chi connectivity index (χ0) is 33.4. The number of rotatable bonds is 9. The Labute approximate surface area is 272 Å². The number of aliphatic imine (C=N–C) groups is 4. The molecule has 5 rings (SSSR count). The molecular formula is C33H40F3N9O2. The van der Waals surface area contributed by atoms with Crippen LogP contribution in [0.4, 0.5) is 24.5 Å². The molecule has 3 heterocycles.